The zero-order chi connectivity index (χ0) is 15.3. The second-order valence-electron chi connectivity index (χ2n) is 5.72. The van der Waals surface area contributed by atoms with Gasteiger partial charge in [0.1, 0.15) is 5.75 Å². The number of hydrogen-bond donors (Lipinski definition) is 2. The highest BCUT2D eigenvalue weighted by atomic mass is 35.5. The lowest BCUT2D eigenvalue weighted by molar-refractivity contribution is -0.145. The van der Waals surface area contributed by atoms with Crippen LogP contribution in [0.25, 0.3) is 0 Å². The van der Waals surface area contributed by atoms with Gasteiger partial charge in [-0.25, -0.2) is 4.79 Å². The predicted molar refractivity (Wildman–Crippen MR) is 80.4 cm³/mol. The summed E-state index contributed by atoms with van der Waals surface area (Å²) >= 11 is 6.14. The molecule has 0 aliphatic carbocycles. The third kappa shape index (κ3) is 5.39. The van der Waals surface area contributed by atoms with E-state index in [0.29, 0.717) is 23.7 Å². The van der Waals surface area contributed by atoms with Gasteiger partial charge in [0.15, 0.2) is 6.10 Å². The lowest BCUT2D eigenvalue weighted by Gasteiger charge is -2.21. The second-order valence-corrected chi connectivity index (χ2v) is 6.13. The maximum atomic E-state index is 10.9. The Bertz CT molecular complexity index is 469. The van der Waals surface area contributed by atoms with Gasteiger partial charge >= 0.3 is 5.97 Å². The number of hydrogen-bond acceptors (Lipinski definition) is 3. The summed E-state index contributed by atoms with van der Waals surface area (Å²) in [6, 6.07) is 5.40. The number of nitrogens with one attached hydrogen (secondary N) is 1. The molecule has 0 saturated heterocycles. The van der Waals surface area contributed by atoms with Crippen LogP contribution < -0.4 is 10.1 Å². The van der Waals surface area contributed by atoms with Crippen LogP contribution in [0.3, 0.4) is 0 Å². The van der Waals surface area contributed by atoms with E-state index in [4.69, 9.17) is 21.4 Å². The zero-order valence-corrected chi connectivity index (χ0v) is 13.1. The number of carboxylic acid groups (broad SMARTS) is 1. The number of rotatable bonds is 6. The predicted octanol–water partition coefficient (Wildman–Crippen LogP) is 3.47. The first-order valence-corrected chi connectivity index (χ1v) is 7.03. The molecule has 4 nitrogen and oxygen atoms in total. The highest BCUT2D eigenvalue weighted by molar-refractivity contribution is 6.32. The van der Waals surface area contributed by atoms with Gasteiger partial charge in [-0.1, -0.05) is 24.6 Å². The van der Waals surface area contributed by atoms with Crippen LogP contribution in [0.5, 0.6) is 5.75 Å². The molecule has 5 heteroatoms. The summed E-state index contributed by atoms with van der Waals surface area (Å²) < 4.78 is 5.40. The molecule has 1 aromatic carbocycles. The lowest BCUT2D eigenvalue weighted by Crippen LogP contribution is -2.35. The molecular formula is C15H22ClNO3. The molecule has 0 aliphatic heterocycles. The van der Waals surface area contributed by atoms with Crippen LogP contribution in [0.2, 0.25) is 5.02 Å². The standard InChI is InChI=1S/C15H22ClNO3/c1-5-12(14(18)19)20-13-7-6-10(8-11(13)16)9-17-15(2,3)4/h6-8,12,17H,5,9H2,1-4H3,(H,18,19). The van der Waals surface area contributed by atoms with Crippen LogP contribution in [-0.2, 0) is 11.3 Å². The van der Waals surface area contributed by atoms with E-state index >= 15 is 0 Å². The molecule has 1 atom stereocenters. The minimum atomic E-state index is -0.984. The van der Waals surface area contributed by atoms with Crippen molar-refractivity contribution in [2.24, 2.45) is 0 Å². The number of carbonyl (C=O) groups is 1. The van der Waals surface area contributed by atoms with E-state index in [1.165, 1.54) is 0 Å². The van der Waals surface area contributed by atoms with Crippen molar-refractivity contribution in [3.05, 3.63) is 28.8 Å². The first-order valence-electron chi connectivity index (χ1n) is 6.66. The highest BCUT2D eigenvalue weighted by Crippen LogP contribution is 2.27. The van der Waals surface area contributed by atoms with Crippen molar-refractivity contribution in [2.45, 2.75) is 52.3 Å². The largest absolute Gasteiger partial charge is 0.479 e. The van der Waals surface area contributed by atoms with Gasteiger partial charge in [0.05, 0.1) is 5.02 Å². The van der Waals surface area contributed by atoms with Crippen molar-refractivity contribution >= 4 is 17.6 Å². The molecule has 0 heterocycles. The molecule has 2 N–H and O–H groups in total. The van der Waals surface area contributed by atoms with Crippen molar-refractivity contribution in [3.63, 3.8) is 0 Å². The summed E-state index contributed by atoms with van der Waals surface area (Å²) in [7, 11) is 0. The molecule has 1 rings (SSSR count). The second kappa shape index (κ2) is 6.95. The normalized spacial score (nSPS) is 13.1. The van der Waals surface area contributed by atoms with Crippen molar-refractivity contribution < 1.29 is 14.6 Å². The van der Waals surface area contributed by atoms with E-state index < -0.39 is 12.1 Å². The number of carboxylic acids is 1. The Balaban J connectivity index is 2.75. The molecule has 0 bridgehead atoms. The summed E-state index contributed by atoms with van der Waals surface area (Å²) in [6.45, 7) is 8.72. The fourth-order valence-electron chi connectivity index (χ4n) is 1.58. The monoisotopic (exact) mass is 299 g/mol. The molecule has 0 fully saturated rings. The number of halogens is 1. The van der Waals surface area contributed by atoms with Gasteiger partial charge in [-0.05, 0) is 44.9 Å². The third-order valence-corrected chi connectivity index (χ3v) is 3.03. The fourth-order valence-corrected chi connectivity index (χ4v) is 1.83. The summed E-state index contributed by atoms with van der Waals surface area (Å²) in [6.07, 6.45) is -0.482. The molecule has 0 aromatic heterocycles. The number of aliphatic carboxylic acids is 1. The van der Waals surface area contributed by atoms with Gasteiger partial charge in [0.2, 0.25) is 0 Å². The number of benzene rings is 1. The topological polar surface area (TPSA) is 58.6 Å². The Morgan fingerprint density at radius 1 is 1.45 bits per heavy atom. The SMILES string of the molecule is CCC(Oc1ccc(CNC(C)(C)C)cc1Cl)C(=O)O. The number of ether oxygens (including phenoxy) is 1. The van der Waals surface area contributed by atoms with Gasteiger partial charge in [0.25, 0.3) is 0 Å². The van der Waals surface area contributed by atoms with E-state index in [1.807, 2.05) is 6.07 Å². The minimum absolute atomic E-state index is 0.0261. The van der Waals surface area contributed by atoms with Gasteiger partial charge in [-0.15, -0.1) is 0 Å². The molecule has 0 saturated carbocycles. The van der Waals surface area contributed by atoms with E-state index in [-0.39, 0.29) is 5.54 Å². The Kier molecular flexibility index (Phi) is 5.84. The summed E-state index contributed by atoms with van der Waals surface area (Å²) in [5, 5.41) is 12.8. The first-order chi connectivity index (χ1) is 9.23. The molecule has 0 spiro atoms. The van der Waals surface area contributed by atoms with Crippen LogP contribution in [0.15, 0.2) is 18.2 Å². The lowest BCUT2D eigenvalue weighted by atomic mass is 10.1. The van der Waals surface area contributed by atoms with Crippen molar-refractivity contribution in [1.29, 1.82) is 0 Å². The summed E-state index contributed by atoms with van der Waals surface area (Å²) in [4.78, 5) is 10.9. The molecule has 112 valence electrons. The van der Waals surface area contributed by atoms with Crippen LogP contribution in [0.4, 0.5) is 0 Å². The first kappa shape index (κ1) is 16.8. The van der Waals surface area contributed by atoms with Gasteiger partial charge in [-0.2, -0.15) is 0 Å². The Labute approximate surface area is 125 Å². The van der Waals surface area contributed by atoms with Crippen LogP contribution in [-0.4, -0.2) is 22.7 Å². The highest BCUT2D eigenvalue weighted by Gasteiger charge is 2.18. The van der Waals surface area contributed by atoms with Gasteiger partial charge in [0, 0.05) is 12.1 Å². The minimum Gasteiger partial charge on any atom is -0.479 e. The van der Waals surface area contributed by atoms with E-state index in [2.05, 4.69) is 26.1 Å². The van der Waals surface area contributed by atoms with Crippen molar-refractivity contribution in [3.8, 4) is 5.75 Å². The average Bonchev–Trinajstić information content (AvgIpc) is 2.34. The molecule has 1 unspecified atom stereocenters. The van der Waals surface area contributed by atoms with E-state index in [9.17, 15) is 4.79 Å². The Morgan fingerprint density at radius 2 is 2.10 bits per heavy atom. The van der Waals surface area contributed by atoms with Crippen LogP contribution in [0, 0.1) is 0 Å². The molecule has 0 aliphatic rings. The molecule has 0 amide bonds. The van der Waals surface area contributed by atoms with Crippen LogP contribution >= 0.6 is 11.6 Å². The molecule has 0 radical (unpaired) electrons. The summed E-state index contributed by atoms with van der Waals surface area (Å²) in [5.41, 5.74) is 1.05. The van der Waals surface area contributed by atoms with Crippen molar-refractivity contribution in [1.82, 2.24) is 5.32 Å². The van der Waals surface area contributed by atoms with Gasteiger partial charge < -0.3 is 15.2 Å². The zero-order valence-electron chi connectivity index (χ0n) is 12.4. The maximum Gasteiger partial charge on any atom is 0.344 e. The quantitative estimate of drug-likeness (QED) is 0.844. The molecule has 1 aromatic rings. The third-order valence-electron chi connectivity index (χ3n) is 2.73. The molecular weight excluding hydrogens is 278 g/mol. The fraction of sp³-hybridized carbons (Fsp3) is 0.533. The molecule has 20 heavy (non-hydrogen) atoms. The summed E-state index contributed by atoms with van der Waals surface area (Å²) in [5.74, 6) is -0.581. The Morgan fingerprint density at radius 3 is 2.55 bits per heavy atom. The van der Waals surface area contributed by atoms with Crippen LogP contribution in [0.1, 0.15) is 39.7 Å². The van der Waals surface area contributed by atoms with Gasteiger partial charge in [-0.3, -0.25) is 0 Å². The van der Waals surface area contributed by atoms with E-state index in [1.54, 1.807) is 19.1 Å². The Hall–Kier alpha value is -1.26. The maximum absolute atomic E-state index is 10.9. The average molecular weight is 300 g/mol. The van der Waals surface area contributed by atoms with Crippen molar-refractivity contribution in [2.75, 3.05) is 0 Å². The van der Waals surface area contributed by atoms with E-state index in [0.717, 1.165) is 5.56 Å². The smallest absolute Gasteiger partial charge is 0.344 e.